The lowest BCUT2D eigenvalue weighted by Crippen LogP contribution is -2.45. The normalized spacial score (nSPS) is 15.0. The molecule has 1 atom stereocenters. The van der Waals surface area contributed by atoms with Gasteiger partial charge in [-0.3, -0.25) is 9.59 Å². The third-order valence-corrected chi connectivity index (χ3v) is 6.63. The molecule has 0 bridgehead atoms. The Labute approximate surface area is 191 Å². The first kappa shape index (κ1) is 21.5. The number of carbonyl (C=O) groups is 2. The Balaban J connectivity index is 1.51. The van der Waals surface area contributed by atoms with Crippen LogP contribution in [-0.2, 0) is 16.1 Å². The molecule has 0 spiro atoms. The number of hydrogen-bond acceptors (Lipinski definition) is 4. The number of nitrogens with one attached hydrogen (secondary N) is 1. The molecule has 2 aromatic carbocycles. The average molecular weight is 454 g/mol. The van der Waals surface area contributed by atoms with E-state index in [1.807, 2.05) is 61.5 Å². The molecule has 0 aliphatic carbocycles. The summed E-state index contributed by atoms with van der Waals surface area (Å²) in [5.41, 5.74) is 2.72. The number of likely N-dealkylation sites (tertiary alicyclic amines) is 1. The van der Waals surface area contributed by atoms with Crippen molar-refractivity contribution in [1.82, 2.24) is 15.2 Å². The molecular weight excluding hydrogens is 430 g/mol. The predicted octanol–water partition coefficient (Wildman–Crippen LogP) is 5.14. The molecule has 0 radical (unpaired) electrons. The zero-order valence-corrected chi connectivity index (χ0v) is 18.9. The van der Waals surface area contributed by atoms with Crippen molar-refractivity contribution >= 4 is 34.8 Å². The first-order chi connectivity index (χ1) is 15.0. The van der Waals surface area contributed by atoms with Crippen molar-refractivity contribution in [3.8, 4) is 11.3 Å². The lowest BCUT2D eigenvalue weighted by Gasteiger charge is -2.34. The molecule has 5 nitrogen and oxygen atoms in total. The summed E-state index contributed by atoms with van der Waals surface area (Å²) in [5.74, 6) is -0.146. The summed E-state index contributed by atoms with van der Waals surface area (Å²) in [6.07, 6.45) is 2.29. The smallest absolute Gasteiger partial charge is 0.247 e. The van der Waals surface area contributed by atoms with Gasteiger partial charge in [0.2, 0.25) is 11.8 Å². The van der Waals surface area contributed by atoms with Crippen molar-refractivity contribution in [2.75, 3.05) is 6.54 Å². The summed E-state index contributed by atoms with van der Waals surface area (Å²) in [6, 6.07) is 16.5. The van der Waals surface area contributed by atoms with Crippen molar-refractivity contribution in [2.24, 2.45) is 0 Å². The van der Waals surface area contributed by atoms with E-state index in [4.69, 9.17) is 16.6 Å². The fraction of sp³-hybridized carbons (Fsp3) is 0.292. The van der Waals surface area contributed by atoms with Crippen LogP contribution in [0.3, 0.4) is 0 Å². The van der Waals surface area contributed by atoms with Crippen LogP contribution in [0.1, 0.15) is 40.8 Å². The summed E-state index contributed by atoms with van der Waals surface area (Å²) in [5, 5.41) is 4.52. The van der Waals surface area contributed by atoms with Gasteiger partial charge in [0.25, 0.3) is 0 Å². The number of halogens is 1. The third kappa shape index (κ3) is 4.97. The Bertz CT molecular complexity index is 1070. The molecule has 1 aliphatic rings. The van der Waals surface area contributed by atoms with Crippen molar-refractivity contribution < 1.29 is 9.59 Å². The van der Waals surface area contributed by atoms with Gasteiger partial charge >= 0.3 is 0 Å². The van der Waals surface area contributed by atoms with Gasteiger partial charge in [0.1, 0.15) is 11.0 Å². The zero-order chi connectivity index (χ0) is 21.8. The van der Waals surface area contributed by atoms with Crippen LogP contribution in [0.25, 0.3) is 11.3 Å². The minimum Gasteiger partial charge on any atom is -0.347 e. The Hall–Kier alpha value is -2.70. The predicted molar refractivity (Wildman–Crippen MR) is 124 cm³/mol. The first-order valence-electron chi connectivity index (χ1n) is 10.4. The molecule has 31 heavy (non-hydrogen) atoms. The Kier molecular flexibility index (Phi) is 6.68. The van der Waals surface area contributed by atoms with Crippen LogP contribution in [0.5, 0.6) is 0 Å². The van der Waals surface area contributed by atoms with Gasteiger partial charge in [-0.1, -0.05) is 54.1 Å². The highest BCUT2D eigenvalue weighted by Crippen LogP contribution is 2.29. The van der Waals surface area contributed by atoms with Gasteiger partial charge in [0.15, 0.2) is 0 Å². The Morgan fingerprint density at radius 1 is 1.16 bits per heavy atom. The minimum atomic E-state index is -0.620. The van der Waals surface area contributed by atoms with E-state index in [0.717, 1.165) is 39.5 Å². The molecule has 2 amide bonds. The van der Waals surface area contributed by atoms with Crippen LogP contribution >= 0.6 is 22.9 Å². The second-order valence-corrected chi connectivity index (χ2v) is 9.32. The zero-order valence-electron chi connectivity index (χ0n) is 17.3. The number of rotatable bonds is 6. The number of thiazole rings is 1. The van der Waals surface area contributed by atoms with Crippen LogP contribution in [-0.4, -0.2) is 28.2 Å². The van der Waals surface area contributed by atoms with Gasteiger partial charge in [-0.05, 0) is 37.5 Å². The average Bonchev–Trinajstić information content (AvgIpc) is 3.15. The lowest BCUT2D eigenvalue weighted by molar-refractivity contribution is -0.142. The summed E-state index contributed by atoms with van der Waals surface area (Å²) in [4.78, 5) is 33.3. The van der Waals surface area contributed by atoms with E-state index in [9.17, 15) is 9.59 Å². The van der Waals surface area contributed by atoms with Crippen molar-refractivity contribution in [3.63, 3.8) is 0 Å². The van der Waals surface area contributed by atoms with Gasteiger partial charge in [0.05, 0.1) is 12.2 Å². The molecule has 3 aromatic rings. The summed E-state index contributed by atoms with van der Waals surface area (Å²) in [6.45, 7) is 2.94. The second-order valence-electron chi connectivity index (χ2n) is 7.59. The molecule has 4 rings (SSSR count). The summed E-state index contributed by atoms with van der Waals surface area (Å²) in [7, 11) is 0. The highest BCUT2D eigenvalue weighted by molar-refractivity contribution is 7.12. The van der Waals surface area contributed by atoms with Crippen molar-refractivity contribution in [2.45, 2.75) is 38.8 Å². The highest BCUT2D eigenvalue weighted by Gasteiger charge is 2.32. The highest BCUT2D eigenvalue weighted by atomic mass is 35.5. The van der Waals surface area contributed by atoms with Gasteiger partial charge in [-0.25, -0.2) is 4.98 Å². The van der Waals surface area contributed by atoms with Crippen molar-refractivity contribution in [1.29, 1.82) is 0 Å². The van der Waals surface area contributed by atoms with E-state index in [-0.39, 0.29) is 11.8 Å². The maximum absolute atomic E-state index is 13.2. The molecule has 1 aliphatic heterocycles. The quantitative estimate of drug-likeness (QED) is 0.562. The number of aryl methyl sites for hydroxylation is 1. The van der Waals surface area contributed by atoms with Gasteiger partial charge in [-0.15, -0.1) is 11.3 Å². The van der Waals surface area contributed by atoms with Crippen LogP contribution in [0.2, 0.25) is 5.02 Å². The fourth-order valence-corrected chi connectivity index (χ4v) is 4.89. The number of benzene rings is 2. The van der Waals surface area contributed by atoms with Crippen LogP contribution < -0.4 is 5.32 Å². The largest absolute Gasteiger partial charge is 0.347 e. The molecule has 0 saturated carbocycles. The number of aromatic nitrogens is 1. The van der Waals surface area contributed by atoms with E-state index in [0.29, 0.717) is 24.5 Å². The number of carbonyl (C=O) groups excluding carboxylic acids is 2. The topological polar surface area (TPSA) is 62.3 Å². The maximum Gasteiger partial charge on any atom is 0.247 e. The number of piperidine rings is 1. The van der Waals surface area contributed by atoms with E-state index >= 15 is 0 Å². The van der Waals surface area contributed by atoms with Crippen LogP contribution in [0.4, 0.5) is 0 Å². The Morgan fingerprint density at radius 3 is 2.61 bits per heavy atom. The molecular formula is C24H24ClN3O2S. The molecule has 2 heterocycles. The molecule has 160 valence electrons. The van der Waals surface area contributed by atoms with Gasteiger partial charge < -0.3 is 10.2 Å². The minimum absolute atomic E-state index is 0.0328. The van der Waals surface area contributed by atoms with E-state index in [1.54, 1.807) is 16.2 Å². The number of amides is 2. The monoisotopic (exact) mass is 453 g/mol. The van der Waals surface area contributed by atoms with Gasteiger partial charge in [0, 0.05) is 28.4 Å². The number of hydrogen-bond donors (Lipinski definition) is 1. The van der Waals surface area contributed by atoms with E-state index in [2.05, 4.69) is 5.32 Å². The molecule has 7 heteroatoms. The fourth-order valence-electron chi connectivity index (χ4n) is 3.87. The molecule has 1 saturated heterocycles. The summed E-state index contributed by atoms with van der Waals surface area (Å²) >= 11 is 7.55. The van der Waals surface area contributed by atoms with E-state index in [1.165, 1.54) is 0 Å². The summed E-state index contributed by atoms with van der Waals surface area (Å²) < 4.78 is 0. The van der Waals surface area contributed by atoms with E-state index < -0.39 is 6.04 Å². The van der Waals surface area contributed by atoms with Crippen LogP contribution in [0.15, 0.2) is 54.6 Å². The Morgan fingerprint density at radius 2 is 1.90 bits per heavy atom. The molecule has 1 aromatic heterocycles. The first-order valence-corrected chi connectivity index (χ1v) is 11.6. The lowest BCUT2D eigenvalue weighted by atomic mass is 10.0. The SMILES string of the molecule is Cc1sc(CNC(=O)C(c2ccccc2)N2CCCCC2=O)nc1-c1ccc(Cl)cc1. The molecule has 1 fully saturated rings. The molecule has 1 unspecified atom stereocenters. The third-order valence-electron chi connectivity index (χ3n) is 5.41. The van der Waals surface area contributed by atoms with Gasteiger partial charge in [-0.2, -0.15) is 0 Å². The van der Waals surface area contributed by atoms with Crippen LogP contribution in [0, 0.1) is 6.92 Å². The number of nitrogens with zero attached hydrogens (tertiary/aromatic N) is 2. The second kappa shape index (κ2) is 9.62. The standard InChI is InChI=1S/C24H24ClN3O2S/c1-16-22(17-10-12-19(25)13-11-17)27-20(31-16)15-26-24(30)23(18-7-3-2-4-8-18)28-14-6-5-9-21(28)29/h2-4,7-8,10-13,23H,5-6,9,14-15H2,1H3,(H,26,30). The molecule has 1 N–H and O–H groups in total. The van der Waals surface area contributed by atoms with Crippen molar-refractivity contribution in [3.05, 3.63) is 75.1 Å². The maximum atomic E-state index is 13.2.